The molecule has 0 amide bonds. The lowest BCUT2D eigenvalue weighted by molar-refractivity contribution is 0.243. The van der Waals surface area contributed by atoms with E-state index in [2.05, 4.69) is 96.0 Å². The number of nitrogens with zero attached hydrogens (tertiary/aromatic N) is 4. The van der Waals surface area contributed by atoms with Crippen LogP contribution >= 0.6 is 0 Å². The first kappa shape index (κ1) is 28.2. The van der Waals surface area contributed by atoms with Crippen molar-refractivity contribution in [3.05, 3.63) is 131 Å². The van der Waals surface area contributed by atoms with Gasteiger partial charge in [0, 0.05) is 94.4 Å². The molecule has 0 unspecified atom stereocenters. The van der Waals surface area contributed by atoms with Crippen LogP contribution in [0.4, 0.5) is 0 Å². The van der Waals surface area contributed by atoms with E-state index in [1.54, 1.807) is 0 Å². The predicted octanol–water partition coefficient (Wildman–Crippen LogP) is 4.90. The third-order valence-electron chi connectivity index (χ3n) is 8.07. The summed E-state index contributed by atoms with van der Waals surface area (Å²) in [6, 6.07) is 30.1. The van der Waals surface area contributed by atoms with Crippen LogP contribution in [-0.2, 0) is 39.1 Å². The molecule has 0 saturated carbocycles. The largest absolute Gasteiger partial charge is 0.357 e. The van der Waals surface area contributed by atoms with Crippen molar-refractivity contribution in [2.75, 3.05) is 32.7 Å². The highest BCUT2D eigenvalue weighted by Crippen LogP contribution is 2.28. The third kappa shape index (κ3) is 7.69. The van der Waals surface area contributed by atoms with Gasteiger partial charge in [0.15, 0.2) is 0 Å². The molecule has 3 N–H and O–H groups in total. The lowest BCUT2D eigenvalue weighted by Crippen LogP contribution is -2.36. The Morgan fingerprint density at radius 2 is 1.38 bits per heavy atom. The Hall–Kier alpha value is -3.88. The van der Waals surface area contributed by atoms with Crippen molar-refractivity contribution >= 4 is 10.9 Å². The molecular formula is C35H41N7. The number of nitrogens with one attached hydrogen (secondary N) is 3. The molecule has 0 aliphatic carbocycles. The van der Waals surface area contributed by atoms with Gasteiger partial charge in [-0.25, -0.2) is 0 Å². The number of para-hydroxylation sites is 1. The molecule has 0 fully saturated rings. The third-order valence-corrected chi connectivity index (χ3v) is 8.07. The van der Waals surface area contributed by atoms with Gasteiger partial charge in [-0.1, -0.05) is 54.6 Å². The molecule has 0 atom stereocenters. The zero-order chi connectivity index (χ0) is 28.4. The normalized spacial score (nSPS) is 13.5. The summed E-state index contributed by atoms with van der Waals surface area (Å²) in [5, 5.41) is 8.51. The van der Waals surface area contributed by atoms with Crippen LogP contribution in [0.1, 0.15) is 33.8 Å². The molecule has 4 heterocycles. The fourth-order valence-corrected chi connectivity index (χ4v) is 5.83. The number of H-pyrrole nitrogens is 1. The second-order valence-corrected chi connectivity index (χ2v) is 11.2. The summed E-state index contributed by atoms with van der Waals surface area (Å²) in [7, 11) is 0. The molecule has 0 bridgehead atoms. The summed E-state index contributed by atoms with van der Waals surface area (Å²) in [4.78, 5) is 17.6. The maximum atomic E-state index is 4.43. The van der Waals surface area contributed by atoms with E-state index < -0.39 is 0 Å². The quantitative estimate of drug-likeness (QED) is 0.168. The van der Waals surface area contributed by atoms with Gasteiger partial charge in [-0.15, -0.1) is 0 Å². The molecule has 1 aliphatic heterocycles. The SMILES string of the molecule is c1ccc(CNCCN(CCNCc2ccccn2)Cc2ccc(CN3CCc4c([nH]c5ccccc45)C3)cc2)nc1. The second-order valence-electron chi connectivity index (χ2n) is 11.2. The van der Waals surface area contributed by atoms with Crippen molar-refractivity contribution in [1.82, 2.24) is 35.4 Å². The number of rotatable bonds is 14. The van der Waals surface area contributed by atoms with Crippen LogP contribution in [0.3, 0.4) is 0 Å². The predicted molar refractivity (Wildman–Crippen MR) is 170 cm³/mol. The Balaban J connectivity index is 1.01. The van der Waals surface area contributed by atoms with Gasteiger partial charge in [0.25, 0.3) is 0 Å². The molecular weight excluding hydrogens is 518 g/mol. The van der Waals surface area contributed by atoms with Gasteiger partial charge in [-0.2, -0.15) is 0 Å². The first-order valence-corrected chi connectivity index (χ1v) is 15.1. The number of aromatic nitrogens is 3. The first-order chi connectivity index (χ1) is 20.8. The van der Waals surface area contributed by atoms with E-state index in [-0.39, 0.29) is 0 Å². The molecule has 216 valence electrons. The number of fused-ring (bicyclic) bond motifs is 3. The van der Waals surface area contributed by atoms with Crippen LogP contribution in [0.2, 0.25) is 0 Å². The number of hydrogen-bond donors (Lipinski definition) is 3. The molecule has 1 aliphatic rings. The summed E-state index contributed by atoms with van der Waals surface area (Å²) in [6.07, 6.45) is 4.81. The summed E-state index contributed by atoms with van der Waals surface area (Å²) < 4.78 is 0. The Labute approximate surface area is 249 Å². The van der Waals surface area contributed by atoms with Crippen molar-refractivity contribution in [1.29, 1.82) is 0 Å². The monoisotopic (exact) mass is 559 g/mol. The molecule has 0 radical (unpaired) electrons. The molecule has 7 nitrogen and oxygen atoms in total. The summed E-state index contributed by atoms with van der Waals surface area (Å²) in [5.74, 6) is 0. The van der Waals surface area contributed by atoms with Gasteiger partial charge in [0.2, 0.25) is 0 Å². The Bertz CT molecular complexity index is 1470. The zero-order valence-electron chi connectivity index (χ0n) is 24.3. The van der Waals surface area contributed by atoms with Crippen molar-refractivity contribution in [3.8, 4) is 0 Å². The summed E-state index contributed by atoms with van der Waals surface area (Å²) in [5.41, 5.74) is 9.02. The maximum Gasteiger partial charge on any atom is 0.0541 e. The fourth-order valence-electron chi connectivity index (χ4n) is 5.83. The van der Waals surface area contributed by atoms with E-state index >= 15 is 0 Å². The van der Waals surface area contributed by atoms with E-state index in [0.717, 1.165) is 83.3 Å². The van der Waals surface area contributed by atoms with Gasteiger partial charge in [0.1, 0.15) is 0 Å². The van der Waals surface area contributed by atoms with Crippen molar-refractivity contribution in [3.63, 3.8) is 0 Å². The van der Waals surface area contributed by atoms with E-state index in [4.69, 9.17) is 0 Å². The summed E-state index contributed by atoms with van der Waals surface area (Å²) in [6.45, 7) is 9.35. The maximum absolute atomic E-state index is 4.43. The standard InChI is InChI=1S/C35H41N7/c1-2-10-34-32(9-1)33-15-20-42(27-35(33)40-34)26-29-13-11-28(12-14-29)25-41(21-18-36-23-30-7-3-5-16-38-30)22-19-37-24-31-8-4-6-17-39-31/h1-14,16-17,36-37,40H,15,18-27H2. The molecule has 5 aromatic rings. The topological polar surface area (TPSA) is 72.1 Å². The molecule has 42 heavy (non-hydrogen) atoms. The van der Waals surface area contributed by atoms with E-state index in [0.29, 0.717) is 0 Å². The van der Waals surface area contributed by atoms with Crippen molar-refractivity contribution in [2.24, 2.45) is 0 Å². The van der Waals surface area contributed by atoms with Crippen LogP contribution in [0.25, 0.3) is 10.9 Å². The number of benzene rings is 2. The minimum Gasteiger partial charge on any atom is -0.357 e. The van der Waals surface area contributed by atoms with Crippen LogP contribution in [0.15, 0.2) is 97.3 Å². The van der Waals surface area contributed by atoms with Crippen LogP contribution < -0.4 is 10.6 Å². The number of hydrogen-bond acceptors (Lipinski definition) is 6. The van der Waals surface area contributed by atoms with Crippen LogP contribution in [0, 0.1) is 0 Å². The zero-order valence-corrected chi connectivity index (χ0v) is 24.3. The Kier molecular flexibility index (Phi) is 9.64. The first-order valence-electron chi connectivity index (χ1n) is 15.1. The smallest absolute Gasteiger partial charge is 0.0541 e. The van der Waals surface area contributed by atoms with E-state index in [9.17, 15) is 0 Å². The molecule has 7 heteroatoms. The minimum atomic E-state index is 0.789. The Morgan fingerprint density at radius 1 is 0.738 bits per heavy atom. The van der Waals surface area contributed by atoms with Gasteiger partial charge >= 0.3 is 0 Å². The summed E-state index contributed by atoms with van der Waals surface area (Å²) >= 11 is 0. The second kappa shape index (κ2) is 14.3. The lowest BCUT2D eigenvalue weighted by Gasteiger charge is -2.27. The van der Waals surface area contributed by atoms with Crippen LogP contribution in [-0.4, -0.2) is 57.5 Å². The molecule has 2 aromatic carbocycles. The lowest BCUT2D eigenvalue weighted by atomic mass is 10.0. The molecule has 0 saturated heterocycles. The van der Waals surface area contributed by atoms with Gasteiger partial charge in [0.05, 0.1) is 11.4 Å². The van der Waals surface area contributed by atoms with Gasteiger partial charge < -0.3 is 15.6 Å². The van der Waals surface area contributed by atoms with Crippen LogP contribution in [0.5, 0.6) is 0 Å². The minimum absolute atomic E-state index is 0.789. The van der Waals surface area contributed by atoms with Crippen molar-refractivity contribution < 1.29 is 0 Å². The van der Waals surface area contributed by atoms with E-state index in [1.807, 2.05) is 36.7 Å². The van der Waals surface area contributed by atoms with E-state index in [1.165, 1.54) is 33.3 Å². The highest BCUT2D eigenvalue weighted by atomic mass is 15.2. The van der Waals surface area contributed by atoms with Gasteiger partial charge in [-0.3, -0.25) is 19.8 Å². The average Bonchev–Trinajstić information content (AvgIpc) is 3.41. The van der Waals surface area contributed by atoms with Crippen molar-refractivity contribution in [2.45, 2.75) is 39.1 Å². The highest BCUT2D eigenvalue weighted by Gasteiger charge is 2.20. The fraction of sp³-hybridized carbons (Fsp3) is 0.314. The number of pyridine rings is 2. The van der Waals surface area contributed by atoms with Gasteiger partial charge in [-0.05, 0) is 53.4 Å². The number of aromatic amines is 1. The highest BCUT2D eigenvalue weighted by molar-refractivity contribution is 5.84. The molecule has 6 rings (SSSR count). The average molecular weight is 560 g/mol. The molecule has 3 aromatic heterocycles. The molecule has 0 spiro atoms. The Morgan fingerprint density at radius 3 is 2.05 bits per heavy atom.